The van der Waals surface area contributed by atoms with Crippen LogP contribution in [0.15, 0.2) is 23.0 Å². The van der Waals surface area contributed by atoms with Gasteiger partial charge in [0.2, 0.25) is 0 Å². The van der Waals surface area contributed by atoms with Crippen molar-refractivity contribution in [2.45, 2.75) is 38.7 Å². The highest BCUT2D eigenvalue weighted by molar-refractivity contribution is 7.71. The molecular weight excluding hydrogens is 350 g/mol. The first kappa shape index (κ1) is 18.8. The van der Waals surface area contributed by atoms with Gasteiger partial charge in [0, 0.05) is 19.2 Å². The SMILES string of the molecule is CC1CCCCC1OCCNC(=O)c1ccc2c(=O)n(C)c(=S)[nH]c2c1. The molecule has 2 atom stereocenters. The molecule has 0 aliphatic heterocycles. The van der Waals surface area contributed by atoms with Gasteiger partial charge < -0.3 is 15.0 Å². The van der Waals surface area contributed by atoms with Crippen LogP contribution in [0.4, 0.5) is 0 Å². The van der Waals surface area contributed by atoms with E-state index in [4.69, 9.17) is 17.0 Å². The molecule has 1 saturated carbocycles. The molecule has 1 fully saturated rings. The van der Waals surface area contributed by atoms with Gasteiger partial charge in [-0.3, -0.25) is 14.2 Å². The van der Waals surface area contributed by atoms with Gasteiger partial charge >= 0.3 is 0 Å². The third kappa shape index (κ3) is 4.04. The number of hydrogen-bond acceptors (Lipinski definition) is 4. The van der Waals surface area contributed by atoms with E-state index >= 15 is 0 Å². The molecule has 1 aliphatic rings. The molecule has 1 amide bonds. The van der Waals surface area contributed by atoms with Gasteiger partial charge in [-0.2, -0.15) is 0 Å². The first-order valence-corrected chi connectivity index (χ1v) is 9.51. The second kappa shape index (κ2) is 8.14. The van der Waals surface area contributed by atoms with Gasteiger partial charge in [0.25, 0.3) is 11.5 Å². The number of fused-ring (bicyclic) bond motifs is 1. The molecule has 7 heteroatoms. The average Bonchev–Trinajstić information content (AvgIpc) is 2.64. The van der Waals surface area contributed by atoms with Crippen molar-refractivity contribution in [1.82, 2.24) is 14.9 Å². The standard InChI is InChI=1S/C19H25N3O3S/c1-12-5-3-4-6-16(12)25-10-9-20-17(23)13-7-8-14-15(11-13)21-19(26)22(2)18(14)24/h7-8,11-12,16H,3-6,9-10H2,1-2H3,(H,20,23)(H,21,26). The van der Waals surface area contributed by atoms with Crippen molar-refractivity contribution in [3.8, 4) is 0 Å². The molecule has 3 rings (SSSR count). The molecular formula is C19H25N3O3S. The van der Waals surface area contributed by atoms with Crippen LogP contribution in [0.3, 0.4) is 0 Å². The Bertz CT molecular complexity index is 918. The van der Waals surface area contributed by atoms with Gasteiger partial charge in [-0.1, -0.05) is 19.8 Å². The first-order valence-electron chi connectivity index (χ1n) is 9.10. The van der Waals surface area contributed by atoms with E-state index in [0.717, 1.165) is 6.42 Å². The van der Waals surface area contributed by atoms with Crippen LogP contribution in [0.5, 0.6) is 0 Å². The molecule has 2 unspecified atom stereocenters. The van der Waals surface area contributed by atoms with Crippen molar-refractivity contribution >= 4 is 29.0 Å². The number of nitrogens with zero attached hydrogens (tertiary/aromatic N) is 1. The van der Waals surface area contributed by atoms with Crippen molar-refractivity contribution < 1.29 is 9.53 Å². The lowest BCUT2D eigenvalue weighted by atomic mass is 9.88. The summed E-state index contributed by atoms with van der Waals surface area (Å²) in [6.45, 7) is 3.20. The molecule has 6 nitrogen and oxygen atoms in total. The number of ether oxygens (including phenoxy) is 1. The van der Waals surface area contributed by atoms with Crippen LogP contribution in [-0.2, 0) is 11.8 Å². The minimum absolute atomic E-state index is 0.175. The van der Waals surface area contributed by atoms with Crippen LogP contribution in [0.1, 0.15) is 43.0 Å². The summed E-state index contributed by atoms with van der Waals surface area (Å²) in [5.41, 5.74) is 0.881. The zero-order valence-electron chi connectivity index (χ0n) is 15.2. The Morgan fingerprint density at radius 1 is 1.38 bits per heavy atom. The third-order valence-electron chi connectivity index (χ3n) is 5.12. The van der Waals surface area contributed by atoms with E-state index in [1.807, 2.05) is 0 Å². The highest BCUT2D eigenvalue weighted by Crippen LogP contribution is 2.25. The number of amides is 1. The highest BCUT2D eigenvalue weighted by Gasteiger charge is 2.21. The number of aromatic nitrogens is 2. The number of hydrogen-bond donors (Lipinski definition) is 2. The number of rotatable bonds is 5. The molecule has 1 aliphatic carbocycles. The molecule has 1 aromatic heterocycles. The Hall–Kier alpha value is -1.99. The van der Waals surface area contributed by atoms with Crippen LogP contribution in [-0.4, -0.2) is 34.7 Å². The lowest BCUT2D eigenvalue weighted by Crippen LogP contribution is -2.31. The summed E-state index contributed by atoms with van der Waals surface area (Å²) >= 11 is 5.12. The maximum Gasteiger partial charge on any atom is 0.261 e. The fourth-order valence-electron chi connectivity index (χ4n) is 3.45. The van der Waals surface area contributed by atoms with E-state index in [9.17, 15) is 9.59 Å². The lowest BCUT2D eigenvalue weighted by molar-refractivity contribution is -0.00293. The summed E-state index contributed by atoms with van der Waals surface area (Å²) in [5, 5.41) is 3.38. The predicted octanol–water partition coefficient (Wildman–Crippen LogP) is 2.92. The van der Waals surface area contributed by atoms with Crippen LogP contribution in [0.25, 0.3) is 10.9 Å². The Labute approximate surface area is 157 Å². The van der Waals surface area contributed by atoms with E-state index in [1.165, 1.54) is 23.8 Å². The molecule has 0 radical (unpaired) electrons. The van der Waals surface area contributed by atoms with Crippen LogP contribution in [0, 0.1) is 10.7 Å². The highest BCUT2D eigenvalue weighted by atomic mass is 32.1. The molecule has 1 aromatic carbocycles. The lowest BCUT2D eigenvalue weighted by Gasteiger charge is -2.28. The monoisotopic (exact) mass is 375 g/mol. The minimum atomic E-state index is -0.188. The maximum absolute atomic E-state index is 12.4. The van der Waals surface area contributed by atoms with Crippen molar-refractivity contribution in [3.05, 3.63) is 38.9 Å². The average molecular weight is 375 g/mol. The topological polar surface area (TPSA) is 76.1 Å². The van der Waals surface area contributed by atoms with Crippen molar-refractivity contribution in [2.24, 2.45) is 13.0 Å². The molecule has 0 saturated heterocycles. The summed E-state index contributed by atoms with van der Waals surface area (Å²) in [7, 11) is 1.62. The van der Waals surface area contributed by atoms with Gasteiger partial charge in [-0.25, -0.2) is 0 Å². The van der Waals surface area contributed by atoms with Crippen molar-refractivity contribution in [3.63, 3.8) is 0 Å². The molecule has 2 aromatic rings. The first-order chi connectivity index (χ1) is 12.5. The van der Waals surface area contributed by atoms with Gasteiger partial charge in [0.05, 0.1) is 23.6 Å². The third-order valence-corrected chi connectivity index (χ3v) is 5.49. The largest absolute Gasteiger partial charge is 0.376 e. The van der Waals surface area contributed by atoms with E-state index in [1.54, 1.807) is 25.2 Å². The molecule has 26 heavy (non-hydrogen) atoms. The van der Waals surface area contributed by atoms with E-state index in [2.05, 4.69) is 17.2 Å². The molecule has 2 N–H and O–H groups in total. The summed E-state index contributed by atoms with van der Waals surface area (Å²) in [4.78, 5) is 27.5. The number of nitrogens with one attached hydrogen (secondary N) is 2. The van der Waals surface area contributed by atoms with E-state index in [-0.39, 0.29) is 11.5 Å². The normalized spacial score (nSPS) is 20.2. The second-order valence-electron chi connectivity index (χ2n) is 6.98. The number of benzene rings is 1. The van der Waals surface area contributed by atoms with E-state index < -0.39 is 0 Å². The molecule has 0 spiro atoms. The number of carbonyl (C=O) groups is 1. The van der Waals surface area contributed by atoms with Crippen LogP contribution >= 0.6 is 12.2 Å². The Morgan fingerprint density at radius 3 is 2.92 bits per heavy atom. The van der Waals surface area contributed by atoms with Crippen LogP contribution in [0.2, 0.25) is 0 Å². The van der Waals surface area contributed by atoms with Gasteiger partial charge in [-0.15, -0.1) is 0 Å². The summed E-state index contributed by atoms with van der Waals surface area (Å²) in [6.07, 6.45) is 5.13. The second-order valence-corrected chi connectivity index (χ2v) is 7.37. The maximum atomic E-state index is 12.4. The predicted molar refractivity (Wildman–Crippen MR) is 104 cm³/mol. The zero-order valence-corrected chi connectivity index (χ0v) is 16.0. The van der Waals surface area contributed by atoms with Gasteiger partial charge in [0.15, 0.2) is 4.77 Å². The fourth-order valence-corrected chi connectivity index (χ4v) is 3.65. The van der Waals surface area contributed by atoms with Crippen LogP contribution < -0.4 is 10.9 Å². The Kier molecular flexibility index (Phi) is 5.88. The quantitative estimate of drug-likeness (QED) is 0.622. The molecule has 0 bridgehead atoms. The molecule has 1 heterocycles. The van der Waals surface area contributed by atoms with Crippen molar-refractivity contribution in [2.75, 3.05) is 13.2 Å². The molecule has 140 valence electrons. The summed E-state index contributed by atoms with van der Waals surface area (Å²) in [5.74, 6) is 0.401. The minimum Gasteiger partial charge on any atom is -0.376 e. The van der Waals surface area contributed by atoms with Crippen molar-refractivity contribution in [1.29, 1.82) is 0 Å². The smallest absolute Gasteiger partial charge is 0.261 e. The summed E-state index contributed by atoms with van der Waals surface area (Å²) < 4.78 is 7.62. The van der Waals surface area contributed by atoms with E-state index in [0.29, 0.717) is 46.4 Å². The number of aromatic amines is 1. The van der Waals surface area contributed by atoms with Gasteiger partial charge in [-0.05, 0) is 49.2 Å². The van der Waals surface area contributed by atoms with Gasteiger partial charge in [0.1, 0.15) is 0 Å². The zero-order chi connectivity index (χ0) is 18.7. The number of carbonyl (C=O) groups excluding carboxylic acids is 1. The Morgan fingerprint density at radius 2 is 2.15 bits per heavy atom. The Balaban J connectivity index is 1.60. The number of H-pyrrole nitrogens is 1. The summed E-state index contributed by atoms with van der Waals surface area (Å²) in [6, 6.07) is 4.96. The fraction of sp³-hybridized carbons (Fsp3) is 0.526.